The van der Waals surface area contributed by atoms with Crippen LogP contribution >= 0.6 is 11.6 Å². The fraction of sp³-hybridized carbons (Fsp3) is 0.533. The molecule has 1 unspecified atom stereocenters. The van der Waals surface area contributed by atoms with Gasteiger partial charge in [-0.05, 0) is 68.0 Å². The molecule has 2 aromatic carbocycles. The number of halogens is 1. The average Bonchev–Trinajstić information content (AvgIpc) is 3.04. The number of imidazole rings is 1. The molecule has 0 spiro atoms. The molecule has 192 valence electrons. The average molecular weight is 506 g/mol. The third-order valence-corrected chi connectivity index (χ3v) is 7.97. The van der Waals surface area contributed by atoms with Crippen molar-refractivity contribution in [3.8, 4) is 6.07 Å². The predicted octanol–water partition coefficient (Wildman–Crippen LogP) is 6.76. The van der Waals surface area contributed by atoms with Gasteiger partial charge in [-0.25, -0.2) is 4.98 Å². The largest absolute Gasteiger partial charge is 0.341 e. The molecule has 1 fully saturated rings. The van der Waals surface area contributed by atoms with Gasteiger partial charge in [0.15, 0.2) is 0 Å². The van der Waals surface area contributed by atoms with E-state index in [4.69, 9.17) is 16.6 Å². The summed E-state index contributed by atoms with van der Waals surface area (Å²) in [5, 5.41) is 11.0. The van der Waals surface area contributed by atoms with Gasteiger partial charge in [0.2, 0.25) is 5.95 Å². The molecule has 0 aliphatic carbocycles. The van der Waals surface area contributed by atoms with E-state index in [0.717, 1.165) is 75.6 Å². The lowest BCUT2D eigenvalue weighted by molar-refractivity contribution is 0.265. The van der Waals surface area contributed by atoms with Crippen LogP contribution in [0.5, 0.6) is 0 Å². The molecule has 2 heterocycles. The summed E-state index contributed by atoms with van der Waals surface area (Å²) in [6.07, 6.45) is 2.90. The van der Waals surface area contributed by atoms with Crippen molar-refractivity contribution in [3.63, 3.8) is 0 Å². The minimum absolute atomic E-state index is 0.191. The maximum Gasteiger partial charge on any atom is 0.206 e. The number of rotatable bonds is 9. The number of fused-ring (bicyclic) bond motifs is 1. The summed E-state index contributed by atoms with van der Waals surface area (Å²) in [6.45, 7) is 14.9. The Morgan fingerprint density at radius 2 is 1.75 bits per heavy atom. The smallest absolute Gasteiger partial charge is 0.206 e. The van der Waals surface area contributed by atoms with Gasteiger partial charge < -0.3 is 14.4 Å². The zero-order valence-corrected chi connectivity index (χ0v) is 23.0. The summed E-state index contributed by atoms with van der Waals surface area (Å²) < 4.78 is 2.41. The number of hydrogen-bond donors (Lipinski definition) is 0. The molecule has 1 atom stereocenters. The zero-order valence-electron chi connectivity index (χ0n) is 22.3. The number of hydrogen-bond acceptors (Lipinski definition) is 4. The first-order chi connectivity index (χ1) is 17.4. The van der Waals surface area contributed by atoms with Gasteiger partial charge in [-0.2, -0.15) is 5.26 Å². The molecule has 1 aromatic heterocycles. The van der Waals surface area contributed by atoms with Crippen LogP contribution in [0.1, 0.15) is 52.5 Å². The number of benzene rings is 2. The van der Waals surface area contributed by atoms with Crippen LogP contribution in [0.4, 0.5) is 5.95 Å². The Morgan fingerprint density at radius 3 is 2.47 bits per heavy atom. The van der Waals surface area contributed by atoms with Crippen LogP contribution in [0, 0.1) is 23.2 Å². The molecular weight excluding hydrogens is 466 g/mol. The second kappa shape index (κ2) is 11.7. The predicted molar refractivity (Wildman–Crippen MR) is 151 cm³/mol. The second-order valence-electron chi connectivity index (χ2n) is 10.9. The summed E-state index contributed by atoms with van der Waals surface area (Å²) in [5.74, 6) is 1.86. The van der Waals surface area contributed by atoms with Crippen molar-refractivity contribution in [2.75, 3.05) is 37.6 Å². The summed E-state index contributed by atoms with van der Waals surface area (Å²) in [5.41, 5.74) is 2.71. The lowest BCUT2D eigenvalue weighted by atomic mass is 9.70. The highest BCUT2D eigenvalue weighted by Crippen LogP contribution is 2.40. The first kappa shape index (κ1) is 26.5. The number of aromatic nitrogens is 2. The highest BCUT2D eigenvalue weighted by molar-refractivity contribution is 6.31. The van der Waals surface area contributed by atoms with Gasteiger partial charge in [0.05, 0.1) is 22.5 Å². The quantitative estimate of drug-likeness (QED) is 0.322. The van der Waals surface area contributed by atoms with Crippen molar-refractivity contribution in [3.05, 3.63) is 59.1 Å². The molecule has 0 saturated carbocycles. The maximum absolute atomic E-state index is 10.3. The van der Waals surface area contributed by atoms with E-state index in [-0.39, 0.29) is 5.92 Å². The van der Waals surface area contributed by atoms with Gasteiger partial charge in [0.25, 0.3) is 0 Å². The Labute approximate surface area is 221 Å². The first-order valence-electron chi connectivity index (χ1n) is 13.4. The van der Waals surface area contributed by atoms with Crippen LogP contribution in [-0.2, 0) is 12.0 Å². The standard InChI is InChI=1S/C30H40ClN5/c1-23(2)21-36-28-14-8-7-13-27(28)33-29(36)35-18-10-17-34(19-20-35)16-9-15-30(22-32,24(3)4)25-11-5-6-12-26(25)31/h5-8,11-14,23-24H,9-10,15-21H2,1-4H3. The van der Waals surface area contributed by atoms with Gasteiger partial charge in [0, 0.05) is 31.2 Å². The molecule has 4 rings (SSSR count). The fourth-order valence-electron chi connectivity index (χ4n) is 5.63. The van der Waals surface area contributed by atoms with E-state index in [1.165, 1.54) is 5.52 Å². The molecule has 36 heavy (non-hydrogen) atoms. The van der Waals surface area contributed by atoms with Crippen molar-refractivity contribution < 1.29 is 0 Å². The van der Waals surface area contributed by atoms with Crippen molar-refractivity contribution in [2.45, 2.75) is 58.9 Å². The van der Waals surface area contributed by atoms with Crippen molar-refractivity contribution in [1.29, 1.82) is 5.26 Å². The summed E-state index contributed by atoms with van der Waals surface area (Å²) in [4.78, 5) is 10.1. The van der Waals surface area contributed by atoms with Crippen molar-refractivity contribution in [2.24, 2.45) is 11.8 Å². The highest BCUT2D eigenvalue weighted by Gasteiger charge is 2.37. The lowest BCUT2D eigenvalue weighted by Crippen LogP contribution is -2.35. The van der Waals surface area contributed by atoms with Gasteiger partial charge in [-0.1, -0.05) is 69.6 Å². The molecule has 1 saturated heterocycles. The Bertz CT molecular complexity index is 1190. The molecule has 0 bridgehead atoms. The minimum Gasteiger partial charge on any atom is -0.341 e. The molecule has 1 aliphatic heterocycles. The SMILES string of the molecule is CC(C)Cn1c(N2CCCN(CCCC(C#N)(c3ccccc3Cl)C(C)C)CC2)nc2ccccc21. The molecule has 3 aromatic rings. The monoisotopic (exact) mass is 505 g/mol. The number of nitrogens with zero attached hydrogens (tertiary/aromatic N) is 5. The Morgan fingerprint density at radius 1 is 1.00 bits per heavy atom. The lowest BCUT2D eigenvalue weighted by Gasteiger charge is -2.33. The third-order valence-electron chi connectivity index (χ3n) is 7.64. The Kier molecular flexibility index (Phi) is 8.59. The Hall–Kier alpha value is -2.55. The van der Waals surface area contributed by atoms with Gasteiger partial charge in [-0.15, -0.1) is 0 Å². The zero-order chi connectivity index (χ0) is 25.7. The molecular formula is C30H40ClN5. The van der Waals surface area contributed by atoms with E-state index >= 15 is 0 Å². The molecule has 6 heteroatoms. The normalized spacial score (nSPS) is 16.9. The number of para-hydroxylation sites is 2. The first-order valence-corrected chi connectivity index (χ1v) is 13.8. The third kappa shape index (κ3) is 5.56. The van der Waals surface area contributed by atoms with Gasteiger partial charge in [0.1, 0.15) is 0 Å². The van der Waals surface area contributed by atoms with Crippen LogP contribution in [0.15, 0.2) is 48.5 Å². The summed E-state index contributed by atoms with van der Waals surface area (Å²) in [7, 11) is 0. The number of anilines is 1. The van der Waals surface area contributed by atoms with Crippen LogP contribution < -0.4 is 4.90 Å². The van der Waals surface area contributed by atoms with E-state index in [2.05, 4.69) is 72.4 Å². The number of nitriles is 1. The van der Waals surface area contributed by atoms with Crippen LogP contribution in [0.2, 0.25) is 5.02 Å². The molecule has 0 amide bonds. The molecule has 5 nitrogen and oxygen atoms in total. The molecule has 0 N–H and O–H groups in total. The Balaban J connectivity index is 1.43. The fourth-order valence-corrected chi connectivity index (χ4v) is 5.93. The van der Waals surface area contributed by atoms with Crippen LogP contribution in [-0.4, -0.2) is 47.2 Å². The minimum atomic E-state index is -0.558. The van der Waals surface area contributed by atoms with E-state index in [1.807, 2.05) is 24.3 Å². The maximum atomic E-state index is 10.3. The van der Waals surface area contributed by atoms with Crippen molar-refractivity contribution >= 4 is 28.6 Å². The summed E-state index contributed by atoms with van der Waals surface area (Å²) >= 11 is 6.55. The highest BCUT2D eigenvalue weighted by atomic mass is 35.5. The topological polar surface area (TPSA) is 48.1 Å². The second-order valence-corrected chi connectivity index (χ2v) is 11.3. The van der Waals surface area contributed by atoms with Gasteiger partial charge in [-0.3, -0.25) is 0 Å². The van der Waals surface area contributed by atoms with E-state index < -0.39 is 5.41 Å². The van der Waals surface area contributed by atoms with Crippen molar-refractivity contribution in [1.82, 2.24) is 14.5 Å². The molecule has 0 radical (unpaired) electrons. The van der Waals surface area contributed by atoms with Gasteiger partial charge >= 0.3 is 0 Å². The van der Waals surface area contributed by atoms with E-state index in [9.17, 15) is 5.26 Å². The summed E-state index contributed by atoms with van der Waals surface area (Å²) in [6, 6.07) is 19.0. The van der Waals surface area contributed by atoms with E-state index in [0.29, 0.717) is 10.9 Å². The van der Waals surface area contributed by atoms with E-state index in [1.54, 1.807) is 0 Å². The van der Waals surface area contributed by atoms with Crippen LogP contribution in [0.3, 0.4) is 0 Å². The van der Waals surface area contributed by atoms with Crippen LogP contribution in [0.25, 0.3) is 11.0 Å². The molecule has 1 aliphatic rings.